The summed E-state index contributed by atoms with van der Waals surface area (Å²) in [5.74, 6) is -1.54. The molecule has 0 aromatic rings. The molecule has 1 atom stereocenters. The van der Waals surface area contributed by atoms with Crippen LogP contribution in [0.3, 0.4) is 0 Å². The Morgan fingerprint density at radius 3 is 2.50 bits per heavy atom. The Hall–Kier alpha value is -0.990. The molecular formula is C9H12O3. The average molecular weight is 168 g/mol. The van der Waals surface area contributed by atoms with Gasteiger partial charge in [-0.2, -0.15) is 0 Å². The lowest BCUT2D eigenvalue weighted by atomic mass is 9.95. The summed E-state index contributed by atoms with van der Waals surface area (Å²) in [6, 6.07) is 0. The predicted octanol–water partition coefficient (Wildman–Crippen LogP) is 0.904. The summed E-state index contributed by atoms with van der Waals surface area (Å²) < 4.78 is 0. The molecule has 0 heterocycles. The van der Waals surface area contributed by atoms with E-state index in [0.29, 0.717) is 19.3 Å². The molecule has 0 spiro atoms. The van der Waals surface area contributed by atoms with Crippen LogP contribution in [0.1, 0.15) is 32.6 Å². The van der Waals surface area contributed by atoms with Crippen LogP contribution in [0.15, 0.2) is 0 Å². The summed E-state index contributed by atoms with van der Waals surface area (Å²) in [6.07, 6.45) is 1.64. The number of ketones is 3. The molecule has 0 N–H and O–H groups in total. The van der Waals surface area contributed by atoms with Crippen LogP contribution in [0, 0.1) is 5.92 Å². The molecule has 1 aliphatic carbocycles. The Balaban J connectivity index is 2.84. The third-order valence-electron chi connectivity index (χ3n) is 2.22. The molecule has 1 aliphatic rings. The van der Waals surface area contributed by atoms with E-state index in [1.807, 2.05) is 0 Å². The molecule has 3 heteroatoms. The fourth-order valence-corrected chi connectivity index (χ4v) is 1.47. The fourth-order valence-electron chi connectivity index (χ4n) is 1.47. The van der Waals surface area contributed by atoms with Crippen LogP contribution < -0.4 is 0 Å². The summed E-state index contributed by atoms with van der Waals surface area (Å²) in [6.45, 7) is 1.76. The molecule has 0 aromatic carbocycles. The number of rotatable bonds is 1. The lowest BCUT2D eigenvalue weighted by Crippen LogP contribution is -2.26. The lowest BCUT2D eigenvalue weighted by molar-refractivity contribution is -0.141. The van der Waals surface area contributed by atoms with Crippen LogP contribution >= 0.6 is 0 Å². The molecule has 0 saturated heterocycles. The fraction of sp³-hybridized carbons (Fsp3) is 0.667. The molecular weight excluding hydrogens is 156 g/mol. The van der Waals surface area contributed by atoms with Crippen molar-refractivity contribution in [3.05, 3.63) is 0 Å². The second-order valence-electron chi connectivity index (χ2n) is 3.07. The smallest absolute Gasteiger partial charge is 0.208 e. The van der Waals surface area contributed by atoms with E-state index in [-0.39, 0.29) is 18.0 Å². The summed E-state index contributed by atoms with van der Waals surface area (Å²) in [5.41, 5.74) is 0. The lowest BCUT2D eigenvalue weighted by Gasteiger charge is -2.05. The summed E-state index contributed by atoms with van der Waals surface area (Å²) in [7, 11) is 0. The van der Waals surface area contributed by atoms with Gasteiger partial charge in [0, 0.05) is 12.8 Å². The minimum atomic E-state index is -0.639. The number of carbonyl (C=O) groups excluding carboxylic acids is 3. The molecule has 0 radical (unpaired) electrons. The number of Topliss-reactive ketones (excluding diaryl/α,β-unsaturated/α-hetero) is 3. The highest BCUT2D eigenvalue weighted by Crippen LogP contribution is 2.17. The van der Waals surface area contributed by atoms with Gasteiger partial charge in [-0.3, -0.25) is 14.4 Å². The zero-order valence-electron chi connectivity index (χ0n) is 7.13. The third kappa shape index (κ3) is 1.60. The van der Waals surface area contributed by atoms with Gasteiger partial charge in [-0.05, 0) is 12.8 Å². The van der Waals surface area contributed by atoms with Crippen LogP contribution in [0.2, 0.25) is 0 Å². The number of hydrogen-bond donors (Lipinski definition) is 0. The van der Waals surface area contributed by atoms with Crippen molar-refractivity contribution in [2.45, 2.75) is 32.6 Å². The van der Waals surface area contributed by atoms with Gasteiger partial charge in [-0.25, -0.2) is 0 Å². The van der Waals surface area contributed by atoms with E-state index < -0.39 is 11.7 Å². The molecule has 0 aromatic heterocycles. The van der Waals surface area contributed by atoms with Gasteiger partial charge in [0.2, 0.25) is 5.78 Å². The van der Waals surface area contributed by atoms with Crippen LogP contribution in [0.25, 0.3) is 0 Å². The Morgan fingerprint density at radius 2 is 1.92 bits per heavy atom. The van der Waals surface area contributed by atoms with Crippen molar-refractivity contribution in [1.29, 1.82) is 0 Å². The molecule has 12 heavy (non-hydrogen) atoms. The molecule has 1 rings (SSSR count). The van der Waals surface area contributed by atoms with Crippen LogP contribution in [0.4, 0.5) is 0 Å². The number of carbonyl (C=O) groups is 3. The maximum absolute atomic E-state index is 11.2. The zero-order valence-corrected chi connectivity index (χ0v) is 7.13. The normalized spacial score (nSPS) is 25.8. The van der Waals surface area contributed by atoms with Crippen molar-refractivity contribution in [3.8, 4) is 0 Å². The maximum atomic E-state index is 11.2. The Labute approximate surface area is 71.1 Å². The third-order valence-corrected chi connectivity index (χ3v) is 2.22. The largest absolute Gasteiger partial charge is 0.299 e. The first-order valence-corrected chi connectivity index (χ1v) is 4.26. The van der Waals surface area contributed by atoms with E-state index >= 15 is 0 Å². The summed E-state index contributed by atoms with van der Waals surface area (Å²) >= 11 is 0. The SMILES string of the molecule is CCC1C(=O)CCCC(=O)C1=O. The predicted molar refractivity (Wildman–Crippen MR) is 42.7 cm³/mol. The molecule has 0 aliphatic heterocycles. The maximum Gasteiger partial charge on any atom is 0.208 e. The van der Waals surface area contributed by atoms with Gasteiger partial charge in [-0.1, -0.05) is 6.92 Å². The molecule has 3 nitrogen and oxygen atoms in total. The second kappa shape index (κ2) is 3.61. The quantitative estimate of drug-likeness (QED) is 0.332. The minimum absolute atomic E-state index is 0.0617. The minimum Gasteiger partial charge on any atom is -0.299 e. The van der Waals surface area contributed by atoms with Gasteiger partial charge in [0.15, 0.2) is 5.78 Å². The highest BCUT2D eigenvalue weighted by atomic mass is 16.2. The average Bonchev–Trinajstić information content (AvgIpc) is 2.14. The van der Waals surface area contributed by atoms with E-state index in [1.165, 1.54) is 0 Å². The van der Waals surface area contributed by atoms with Crippen molar-refractivity contribution >= 4 is 17.3 Å². The first-order valence-electron chi connectivity index (χ1n) is 4.26. The van der Waals surface area contributed by atoms with Crippen LogP contribution in [-0.4, -0.2) is 17.3 Å². The monoisotopic (exact) mass is 168 g/mol. The standard InChI is InChI=1S/C9H12O3/c1-2-6-7(10)4-3-5-8(11)9(6)12/h6H,2-5H2,1H3. The van der Waals surface area contributed by atoms with Crippen LogP contribution in [-0.2, 0) is 14.4 Å². The van der Waals surface area contributed by atoms with Gasteiger partial charge in [0.05, 0.1) is 5.92 Å². The second-order valence-corrected chi connectivity index (χ2v) is 3.07. The molecule has 0 amide bonds. The first-order chi connectivity index (χ1) is 5.66. The Kier molecular flexibility index (Phi) is 2.74. The molecule has 1 fully saturated rings. The highest BCUT2D eigenvalue weighted by molar-refractivity contribution is 6.41. The Bertz CT molecular complexity index is 230. The topological polar surface area (TPSA) is 51.2 Å². The Morgan fingerprint density at radius 1 is 1.25 bits per heavy atom. The van der Waals surface area contributed by atoms with E-state index in [9.17, 15) is 14.4 Å². The molecule has 66 valence electrons. The van der Waals surface area contributed by atoms with E-state index in [1.54, 1.807) is 6.92 Å². The molecule has 1 saturated carbocycles. The van der Waals surface area contributed by atoms with Crippen molar-refractivity contribution in [2.24, 2.45) is 5.92 Å². The summed E-state index contributed by atoms with van der Waals surface area (Å²) in [4.78, 5) is 33.5. The zero-order chi connectivity index (χ0) is 9.14. The van der Waals surface area contributed by atoms with Gasteiger partial charge in [-0.15, -0.1) is 0 Å². The van der Waals surface area contributed by atoms with E-state index in [0.717, 1.165) is 0 Å². The van der Waals surface area contributed by atoms with Crippen molar-refractivity contribution in [2.75, 3.05) is 0 Å². The van der Waals surface area contributed by atoms with E-state index in [2.05, 4.69) is 0 Å². The van der Waals surface area contributed by atoms with Gasteiger partial charge < -0.3 is 0 Å². The van der Waals surface area contributed by atoms with Gasteiger partial charge in [0.1, 0.15) is 5.78 Å². The van der Waals surface area contributed by atoms with Crippen LogP contribution in [0.5, 0.6) is 0 Å². The highest BCUT2D eigenvalue weighted by Gasteiger charge is 2.31. The molecule has 0 bridgehead atoms. The van der Waals surface area contributed by atoms with Crippen molar-refractivity contribution < 1.29 is 14.4 Å². The molecule has 1 unspecified atom stereocenters. The first kappa shape index (κ1) is 9.10. The van der Waals surface area contributed by atoms with E-state index in [4.69, 9.17) is 0 Å². The van der Waals surface area contributed by atoms with Gasteiger partial charge >= 0.3 is 0 Å². The summed E-state index contributed by atoms with van der Waals surface area (Å²) in [5, 5.41) is 0. The van der Waals surface area contributed by atoms with Crippen molar-refractivity contribution in [3.63, 3.8) is 0 Å². The van der Waals surface area contributed by atoms with Crippen molar-refractivity contribution in [1.82, 2.24) is 0 Å². The number of hydrogen-bond acceptors (Lipinski definition) is 3. The van der Waals surface area contributed by atoms with Gasteiger partial charge in [0.25, 0.3) is 0 Å².